The summed E-state index contributed by atoms with van der Waals surface area (Å²) in [6, 6.07) is 5.07. The maximum Gasteiger partial charge on any atom is 0.341 e. The van der Waals surface area contributed by atoms with E-state index in [1.165, 1.54) is 0 Å². The first-order valence-corrected chi connectivity index (χ1v) is 5.82. The highest BCUT2D eigenvalue weighted by atomic mass is 31.0. The lowest BCUT2D eigenvalue weighted by Crippen LogP contribution is -2.14. The van der Waals surface area contributed by atoms with Crippen molar-refractivity contribution in [2.45, 2.75) is 20.3 Å². The molecule has 1 aromatic carbocycles. The lowest BCUT2D eigenvalue weighted by atomic mass is 9.99. The van der Waals surface area contributed by atoms with Gasteiger partial charge in [-0.25, -0.2) is 9.59 Å². The van der Waals surface area contributed by atoms with Crippen molar-refractivity contribution in [1.29, 1.82) is 0 Å². The van der Waals surface area contributed by atoms with E-state index in [2.05, 4.69) is 4.52 Å². The second kappa shape index (κ2) is 6.36. The van der Waals surface area contributed by atoms with Crippen LogP contribution in [-0.2, 0) is 15.7 Å². The van der Waals surface area contributed by atoms with E-state index in [0.717, 1.165) is 5.56 Å². The molecule has 0 aliphatic rings. The molecular weight excluding hydrogens is 239 g/mol. The van der Waals surface area contributed by atoms with Gasteiger partial charge in [0.05, 0.1) is 27.2 Å². The Morgan fingerprint density at radius 1 is 1.24 bits per heavy atom. The molecule has 1 aromatic rings. The molecule has 0 heterocycles. The Balaban J connectivity index is 3.30. The highest BCUT2D eigenvalue weighted by Crippen LogP contribution is 2.19. The van der Waals surface area contributed by atoms with Crippen molar-refractivity contribution >= 4 is 21.4 Å². The predicted octanol–water partition coefficient (Wildman–Crippen LogP) is 2.37. The Hall–Kier alpha value is -1.41. The number of aryl methyl sites for hydroxylation is 1. The number of ether oxygens (including phenoxy) is 1. The summed E-state index contributed by atoms with van der Waals surface area (Å²) >= 11 is 0. The molecule has 0 bridgehead atoms. The fourth-order valence-corrected chi connectivity index (χ4v) is 1.70. The molecule has 0 fully saturated rings. The molecule has 4 nitrogen and oxygen atoms in total. The number of rotatable bonds is 4. The smallest absolute Gasteiger partial charge is 0.341 e. The zero-order chi connectivity index (χ0) is 12.8. The average molecular weight is 254 g/mol. The van der Waals surface area contributed by atoms with Crippen molar-refractivity contribution < 1.29 is 18.8 Å². The minimum atomic E-state index is -0.562. The van der Waals surface area contributed by atoms with Gasteiger partial charge in [-0.15, -0.1) is 0 Å². The lowest BCUT2D eigenvalue weighted by molar-refractivity contribution is 0.0517. The molecule has 5 heteroatoms. The molecule has 0 radical (unpaired) electrons. The summed E-state index contributed by atoms with van der Waals surface area (Å²) in [6.45, 7) is 3.90. The Bertz CT molecular complexity index is 429. The van der Waals surface area contributed by atoms with Crippen LogP contribution in [0.5, 0.6) is 0 Å². The topological polar surface area (TPSA) is 52.6 Å². The van der Waals surface area contributed by atoms with Gasteiger partial charge in [-0.3, -0.25) is 0 Å². The zero-order valence-corrected chi connectivity index (χ0v) is 11.0. The van der Waals surface area contributed by atoms with E-state index in [-0.39, 0.29) is 12.2 Å². The van der Waals surface area contributed by atoms with E-state index < -0.39 is 11.9 Å². The third kappa shape index (κ3) is 3.04. The van der Waals surface area contributed by atoms with E-state index in [9.17, 15) is 9.59 Å². The van der Waals surface area contributed by atoms with Gasteiger partial charge in [-0.05, 0) is 25.0 Å². The Morgan fingerprint density at radius 3 is 2.47 bits per heavy atom. The lowest BCUT2D eigenvalue weighted by Gasteiger charge is -2.11. The number of carbonyl (C=O) groups is 2. The summed E-state index contributed by atoms with van der Waals surface area (Å²) in [5, 5.41) is 0. The van der Waals surface area contributed by atoms with E-state index in [0.29, 0.717) is 12.0 Å². The van der Waals surface area contributed by atoms with Gasteiger partial charge in [-0.1, -0.05) is 19.1 Å². The van der Waals surface area contributed by atoms with E-state index in [1.807, 2.05) is 16.4 Å². The van der Waals surface area contributed by atoms with Crippen LogP contribution in [0.15, 0.2) is 18.2 Å². The van der Waals surface area contributed by atoms with Crippen LogP contribution in [-0.4, -0.2) is 18.5 Å². The zero-order valence-electron chi connectivity index (χ0n) is 9.86. The maximum absolute atomic E-state index is 11.8. The summed E-state index contributed by atoms with van der Waals surface area (Å²) in [6.07, 6.45) is 0.645. The molecule has 0 saturated carbocycles. The Kier molecular flexibility index (Phi) is 5.11. The average Bonchev–Trinajstić information content (AvgIpc) is 2.37. The Labute approximate surface area is 103 Å². The first-order valence-electron chi connectivity index (χ1n) is 5.35. The van der Waals surface area contributed by atoms with Crippen molar-refractivity contribution in [1.82, 2.24) is 0 Å². The fourth-order valence-electron chi connectivity index (χ4n) is 1.57. The summed E-state index contributed by atoms with van der Waals surface area (Å²) in [5.74, 6) is -1.05. The molecule has 1 atom stereocenters. The maximum atomic E-state index is 11.8. The van der Waals surface area contributed by atoms with Crippen molar-refractivity contribution in [3.05, 3.63) is 34.9 Å². The van der Waals surface area contributed by atoms with Crippen LogP contribution < -0.4 is 0 Å². The van der Waals surface area contributed by atoms with Gasteiger partial charge in [0.2, 0.25) is 0 Å². The van der Waals surface area contributed by atoms with Crippen molar-refractivity contribution in [3.63, 3.8) is 0 Å². The molecule has 0 spiro atoms. The molecule has 0 amide bonds. The Morgan fingerprint density at radius 2 is 1.94 bits per heavy atom. The molecular formula is C12H15O4P. The van der Waals surface area contributed by atoms with Gasteiger partial charge in [0, 0.05) is 0 Å². The van der Waals surface area contributed by atoms with Gasteiger partial charge in [0.1, 0.15) is 0 Å². The van der Waals surface area contributed by atoms with Crippen LogP contribution in [0.25, 0.3) is 0 Å². The van der Waals surface area contributed by atoms with Crippen LogP contribution in [0.4, 0.5) is 0 Å². The quantitative estimate of drug-likeness (QED) is 0.611. The SMILES string of the molecule is CCOC(=O)c1c(CC)cccc1C(=O)OP. The first-order chi connectivity index (χ1) is 8.15. The molecule has 17 heavy (non-hydrogen) atoms. The van der Waals surface area contributed by atoms with Gasteiger partial charge in [-0.2, -0.15) is 0 Å². The van der Waals surface area contributed by atoms with E-state index >= 15 is 0 Å². The molecule has 1 unspecified atom stereocenters. The summed E-state index contributed by atoms with van der Waals surface area (Å²) < 4.78 is 9.53. The number of benzene rings is 1. The second-order valence-corrected chi connectivity index (χ2v) is 3.55. The van der Waals surface area contributed by atoms with E-state index in [4.69, 9.17) is 4.74 Å². The minimum Gasteiger partial charge on any atom is -0.462 e. The number of carbonyl (C=O) groups excluding carboxylic acids is 2. The van der Waals surface area contributed by atoms with Crippen LogP contribution >= 0.6 is 9.47 Å². The number of esters is 1. The summed E-state index contributed by atoms with van der Waals surface area (Å²) in [7, 11) is 1.88. The standard InChI is InChI=1S/C12H15O4P/c1-3-8-6-5-7-9(11(13)16-17)10(8)12(14)15-4-2/h5-7H,3-4,17H2,1-2H3. The van der Waals surface area contributed by atoms with Gasteiger partial charge in [0.15, 0.2) is 0 Å². The summed E-state index contributed by atoms with van der Waals surface area (Å²) in [5.41, 5.74) is 1.30. The minimum absolute atomic E-state index is 0.234. The molecule has 0 aromatic heterocycles. The third-order valence-electron chi connectivity index (χ3n) is 2.34. The third-order valence-corrected chi connectivity index (χ3v) is 2.55. The van der Waals surface area contributed by atoms with Crippen molar-refractivity contribution in [3.8, 4) is 0 Å². The van der Waals surface area contributed by atoms with Crippen LogP contribution in [0.2, 0.25) is 0 Å². The largest absolute Gasteiger partial charge is 0.462 e. The van der Waals surface area contributed by atoms with Crippen LogP contribution in [0.1, 0.15) is 40.1 Å². The number of hydrogen-bond donors (Lipinski definition) is 0. The van der Waals surface area contributed by atoms with Gasteiger partial charge < -0.3 is 9.26 Å². The highest BCUT2D eigenvalue weighted by Gasteiger charge is 2.21. The highest BCUT2D eigenvalue weighted by molar-refractivity contribution is 7.10. The summed E-state index contributed by atoms with van der Waals surface area (Å²) in [4.78, 5) is 23.4. The molecule has 1 rings (SSSR count). The monoisotopic (exact) mass is 254 g/mol. The van der Waals surface area contributed by atoms with Crippen molar-refractivity contribution in [2.24, 2.45) is 0 Å². The van der Waals surface area contributed by atoms with E-state index in [1.54, 1.807) is 25.1 Å². The molecule has 0 saturated heterocycles. The van der Waals surface area contributed by atoms with Gasteiger partial charge in [0.25, 0.3) is 0 Å². The predicted molar refractivity (Wildman–Crippen MR) is 66.9 cm³/mol. The van der Waals surface area contributed by atoms with Crippen LogP contribution in [0, 0.1) is 0 Å². The number of hydrogen-bond acceptors (Lipinski definition) is 4. The first kappa shape index (κ1) is 13.7. The molecule has 0 aliphatic heterocycles. The normalized spacial score (nSPS) is 9.82. The molecule has 92 valence electrons. The molecule has 0 N–H and O–H groups in total. The second-order valence-electron chi connectivity index (χ2n) is 3.32. The fraction of sp³-hybridized carbons (Fsp3) is 0.333. The van der Waals surface area contributed by atoms with Gasteiger partial charge >= 0.3 is 11.9 Å². The van der Waals surface area contributed by atoms with Crippen LogP contribution in [0.3, 0.4) is 0 Å². The molecule has 0 aliphatic carbocycles. The van der Waals surface area contributed by atoms with Crippen molar-refractivity contribution in [2.75, 3.05) is 6.61 Å².